The van der Waals surface area contributed by atoms with E-state index in [9.17, 15) is 19.3 Å². The van der Waals surface area contributed by atoms with Gasteiger partial charge in [-0.15, -0.1) is 0 Å². The number of halogens is 1. The summed E-state index contributed by atoms with van der Waals surface area (Å²) < 4.78 is 19.0. The number of nitrogens with zero attached hydrogens (tertiary/aromatic N) is 1. The number of amides is 1. The predicted molar refractivity (Wildman–Crippen MR) is 84.6 cm³/mol. The van der Waals surface area contributed by atoms with E-state index in [-0.39, 0.29) is 17.4 Å². The average molecular weight is 337 g/mol. The molecule has 0 unspecified atom stereocenters. The van der Waals surface area contributed by atoms with Crippen LogP contribution in [0.3, 0.4) is 0 Å². The van der Waals surface area contributed by atoms with Gasteiger partial charge in [0.05, 0.1) is 23.7 Å². The lowest BCUT2D eigenvalue weighted by Gasteiger charge is -2.50. The number of nitrogens with one attached hydrogen (secondary N) is 2. The minimum absolute atomic E-state index is 0.0242. The molecule has 130 valence electrons. The smallest absolute Gasteiger partial charge is 0.313 e. The normalized spacial score (nSPS) is 19.6. The minimum atomic E-state index is -0.920. The molecule has 24 heavy (non-hydrogen) atoms. The van der Waals surface area contributed by atoms with Gasteiger partial charge in [-0.2, -0.15) is 0 Å². The molecule has 1 heterocycles. The second kappa shape index (κ2) is 6.35. The van der Waals surface area contributed by atoms with Crippen molar-refractivity contribution in [2.45, 2.75) is 31.7 Å². The van der Waals surface area contributed by atoms with Crippen LogP contribution in [-0.2, 0) is 0 Å². The monoisotopic (exact) mass is 337 g/mol. The third kappa shape index (κ3) is 3.06. The zero-order valence-electron chi connectivity index (χ0n) is 13.4. The topological polar surface area (TPSA) is 93.5 Å². The van der Waals surface area contributed by atoms with E-state index in [1.165, 1.54) is 7.11 Å². The molecule has 1 amide bonds. The molecule has 0 bridgehead atoms. The number of hydrogen-bond donors (Lipinski definition) is 2. The molecule has 1 spiro atoms. The van der Waals surface area contributed by atoms with Crippen molar-refractivity contribution in [2.24, 2.45) is 5.41 Å². The molecule has 1 aliphatic carbocycles. The van der Waals surface area contributed by atoms with Crippen LogP contribution in [0.2, 0.25) is 0 Å². The van der Waals surface area contributed by atoms with E-state index in [4.69, 9.17) is 4.74 Å². The van der Waals surface area contributed by atoms with Gasteiger partial charge in [-0.05, 0) is 44.2 Å². The van der Waals surface area contributed by atoms with E-state index in [1.54, 1.807) is 0 Å². The van der Waals surface area contributed by atoms with Crippen molar-refractivity contribution in [3.8, 4) is 5.75 Å². The standard InChI is InChI=1S/C16H20FN3O4/c1-24-14-6-11(12(17)7-13(14)20(22)23)15(21)19-10-8-16(9-10)2-4-18-5-3-16/h6-7,10,18H,2-5,8-9H2,1H3,(H,19,21). The molecule has 2 N–H and O–H groups in total. The largest absolute Gasteiger partial charge is 0.490 e. The molecule has 8 heteroatoms. The highest BCUT2D eigenvalue weighted by Crippen LogP contribution is 2.47. The maximum atomic E-state index is 14.1. The summed E-state index contributed by atoms with van der Waals surface area (Å²) in [6, 6.07) is 1.83. The molecule has 1 saturated carbocycles. The first-order valence-corrected chi connectivity index (χ1v) is 7.98. The van der Waals surface area contributed by atoms with Gasteiger partial charge in [0.2, 0.25) is 0 Å². The van der Waals surface area contributed by atoms with Crippen LogP contribution >= 0.6 is 0 Å². The molecular formula is C16H20FN3O4. The first-order valence-electron chi connectivity index (χ1n) is 7.98. The number of carbonyl (C=O) groups excluding carboxylic acids is 1. The molecule has 0 atom stereocenters. The Kier molecular flexibility index (Phi) is 4.40. The van der Waals surface area contributed by atoms with E-state index in [0.717, 1.165) is 50.9 Å². The number of methoxy groups -OCH3 is 1. The average Bonchev–Trinajstić information content (AvgIpc) is 2.53. The van der Waals surface area contributed by atoms with E-state index in [2.05, 4.69) is 10.6 Å². The highest BCUT2D eigenvalue weighted by Gasteiger charge is 2.45. The van der Waals surface area contributed by atoms with Crippen molar-refractivity contribution in [3.05, 3.63) is 33.6 Å². The van der Waals surface area contributed by atoms with Gasteiger partial charge in [-0.1, -0.05) is 0 Å². The third-order valence-electron chi connectivity index (χ3n) is 5.07. The highest BCUT2D eigenvalue weighted by molar-refractivity contribution is 5.95. The molecule has 2 aliphatic rings. The van der Waals surface area contributed by atoms with Crippen LogP contribution in [0.4, 0.5) is 10.1 Å². The van der Waals surface area contributed by atoms with Gasteiger partial charge in [-0.25, -0.2) is 4.39 Å². The number of nitro benzene ring substituents is 1. The van der Waals surface area contributed by atoms with Crippen molar-refractivity contribution in [2.75, 3.05) is 20.2 Å². The van der Waals surface area contributed by atoms with Crippen molar-refractivity contribution in [3.63, 3.8) is 0 Å². The van der Waals surface area contributed by atoms with Crippen molar-refractivity contribution < 1.29 is 18.8 Å². The van der Waals surface area contributed by atoms with E-state index in [1.807, 2.05) is 0 Å². The predicted octanol–water partition coefficient (Wildman–Crippen LogP) is 2.00. The molecule has 1 aromatic carbocycles. The Labute approximate surface area is 138 Å². The minimum Gasteiger partial charge on any atom is -0.490 e. The van der Waals surface area contributed by atoms with Gasteiger partial charge in [0.1, 0.15) is 5.82 Å². The fourth-order valence-corrected chi connectivity index (χ4v) is 3.74. The second-order valence-corrected chi connectivity index (χ2v) is 6.59. The highest BCUT2D eigenvalue weighted by atomic mass is 19.1. The fourth-order valence-electron chi connectivity index (χ4n) is 3.74. The third-order valence-corrected chi connectivity index (χ3v) is 5.07. The molecule has 1 aromatic rings. The SMILES string of the molecule is COc1cc(C(=O)NC2CC3(CCNCC3)C2)c(F)cc1[N+](=O)[O-]. The van der Waals surface area contributed by atoms with Crippen molar-refractivity contribution >= 4 is 11.6 Å². The van der Waals surface area contributed by atoms with Gasteiger partial charge in [0.25, 0.3) is 5.91 Å². The quantitative estimate of drug-likeness (QED) is 0.647. The Balaban J connectivity index is 1.68. The Bertz CT molecular complexity index is 666. The summed E-state index contributed by atoms with van der Waals surface area (Å²) in [6.45, 7) is 1.99. The number of ether oxygens (including phenoxy) is 1. The van der Waals surface area contributed by atoms with E-state index >= 15 is 0 Å². The lowest BCUT2D eigenvalue weighted by atomic mass is 9.60. The van der Waals surface area contributed by atoms with Gasteiger partial charge in [0, 0.05) is 12.1 Å². The Hall–Kier alpha value is -2.22. The van der Waals surface area contributed by atoms with E-state index in [0.29, 0.717) is 5.41 Å². The summed E-state index contributed by atoms with van der Waals surface area (Å²) in [7, 11) is 1.24. The zero-order valence-corrected chi connectivity index (χ0v) is 13.4. The van der Waals surface area contributed by atoms with Crippen LogP contribution in [0.15, 0.2) is 12.1 Å². The van der Waals surface area contributed by atoms with Gasteiger partial charge >= 0.3 is 5.69 Å². The number of hydrogen-bond acceptors (Lipinski definition) is 5. The van der Waals surface area contributed by atoms with Crippen LogP contribution in [0.25, 0.3) is 0 Å². The van der Waals surface area contributed by atoms with Crippen molar-refractivity contribution in [1.82, 2.24) is 10.6 Å². The van der Waals surface area contributed by atoms with Gasteiger partial charge < -0.3 is 15.4 Å². The second-order valence-electron chi connectivity index (χ2n) is 6.59. The Morgan fingerprint density at radius 3 is 2.67 bits per heavy atom. The fraction of sp³-hybridized carbons (Fsp3) is 0.562. The summed E-state index contributed by atoms with van der Waals surface area (Å²) in [5, 5.41) is 17.0. The maximum absolute atomic E-state index is 14.1. The van der Waals surface area contributed by atoms with Crippen molar-refractivity contribution in [1.29, 1.82) is 0 Å². The number of carbonyl (C=O) groups is 1. The van der Waals surface area contributed by atoms with Crippen LogP contribution in [0, 0.1) is 21.3 Å². The van der Waals surface area contributed by atoms with Crippen LogP contribution in [-0.4, -0.2) is 37.1 Å². The van der Waals surface area contributed by atoms with Crippen LogP contribution in [0.5, 0.6) is 5.75 Å². The summed E-state index contributed by atoms with van der Waals surface area (Å²) in [6.07, 6.45) is 3.98. The first kappa shape index (κ1) is 16.6. The zero-order chi connectivity index (χ0) is 17.3. The molecule has 1 saturated heterocycles. The lowest BCUT2D eigenvalue weighted by Crippen LogP contribution is -2.54. The molecule has 0 aromatic heterocycles. The Morgan fingerprint density at radius 2 is 2.08 bits per heavy atom. The first-order chi connectivity index (χ1) is 11.4. The molecule has 7 nitrogen and oxygen atoms in total. The number of benzene rings is 1. The lowest BCUT2D eigenvalue weighted by molar-refractivity contribution is -0.385. The van der Waals surface area contributed by atoms with Crippen LogP contribution in [0.1, 0.15) is 36.0 Å². The maximum Gasteiger partial charge on any atom is 0.313 e. The summed E-state index contributed by atoms with van der Waals surface area (Å²) in [5.74, 6) is -1.61. The van der Waals surface area contributed by atoms with Gasteiger partial charge in [0.15, 0.2) is 5.75 Å². The summed E-state index contributed by atoms with van der Waals surface area (Å²) in [4.78, 5) is 22.4. The number of nitro groups is 1. The summed E-state index contributed by atoms with van der Waals surface area (Å²) in [5.41, 5.74) is -0.429. The van der Waals surface area contributed by atoms with E-state index < -0.39 is 22.3 Å². The van der Waals surface area contributed by atoms with Crippen LogP contribution < -0.4 is 15.4 Å². The summed E-state index contributed by atoms with van der Waals surface area (Å²) >= 11 is 0. The number of piperidine rings is 1. The molecule has 0 radical (unpaired) electrons. The molecule has 3 rings (SSSR count). The number of rotatable bonds is 4. The molecular weight excluding hydrogens is 317 g/mol. The van der Waals surface area contributed by atoms with Gasteiger partial charge in [-0.3, -0.25) is 14.9 Å². The molecule has 2 fully saturated rings. The Morgan fingerprint density at radius 1 is 1.42 bits per heavy atom. The molecule has 1 aliphatic heterocycles.